The molecule has 1 fully saturated rings. The first kappa shape index (κ1) is 18.1. The Balaban J connectivity index is 1.90. The largest absolute Gasteiger partial charge is 0.361 e. The van der Waals surface area contributed by atoms with Crippen molar-refractivity contribution in [3.05, 3.63) is 45.8 Å². The van der Waals surface area contributed by atoms with Gasteiger partial charge in [0.15, 0.2) is 0 Å². The van der Waals surface area contributed by atoms with E-state index in [2.05, 4.69) is 20.6 Å². The fourth-order valence-corrected chi connectivity index (χ4v) is 3.38. The molecule has 0 atom stereocenters. The Morgan fingerprint density at radius 2 is 1.77 bits per heavy atom. The van der Waals surface area contributed by atoms with Crippen LogP contribution in [0.25, 0.3) is 0 Å². The number of nitro groups is 1. The Hall–Kier alpha value is -2.70. The van der Waals surface area contributed by atoms with E-state index in [0.29, 0.717) is 5.82 Å². The fraction of sp³-hybridized carbons (Fsp3) is 0.474. The molecule has 2 N–H and O–H groups in total. The molecular weight excluding hydrogens is 330 g/mol. The summed E-state index contributed by atoms with van der Waals surface area (Å²) in [4.78, 5) is 19.6. The molecule has 0 spiro atoms. The number of aryl methyl sites for hydroxylation is 1. The topological polar surface area (TPSA) is 93.0 Å². The lowest BCUT2D eigenvalue weighted by atomic mass is 10.1. The highest BCUT2D eigenvalue weighted by Crippen LogP contribution is 2.33. The van der Waals surface area contributed by atoms with Gasteiger partial charge < -0.3 is 10.6 Å². The zero-order valence-corrected chi connectivity index (χ0v) is 15.3. The Morgan fingerprint density at radius 3 is 2.46 bits per heavy atom. The average Bonchev–Trinajstić information content (AvgIpc) is 2.87. The van der Waals surface area contributed by atoms with Crippen LogP contribution in [-0.4, -0.2) is 20.9 Å². The van der Waals surface area contributed by atoms with Crippen LogP contribution in [-0.2, 0) is 0 Å². The van der Waals surface area contributed by atoms with E-state index >= 15 is 0 Å². The molecule has 1 aromatic heterocycles. The van der Waals surface area contributed by atoms with Crippen molar-refractivity contribution in [1.29, 1.82) is 0 Å². The van der Waals surface area contributed by atoms with E-state index in [-0.39, 0.29) is 17.5 Å². The molecule has 3 rings (SSSR count). The van der Waals surface area contributed by atoms with Crippen molar-refractivity contribution in [2.45, 2.75) is 58.4 Å². The summed E-state index contributed by atoms with van der Waals surface area (Å²) in [6.45, 7) is 3.99. The van der Waals surface area contributed by atoms with E-state index in [1.807, 2.05) is 32.0 Å². The molecule has 7 heteroatoms. The molecule has 1 aliphatic carbocycles. The van der Waals surface area contributed by atoms with Crippen LogP contribution in [0.3, 0.4) is 0 Å². The lowest BCUT2D eigenvalue weighted by Gasteiger charge is -2.17. The van der Waals surface area contributed by atoms with Gasteiger partial charge in [-0.1, -0.05) is 37.8 Å². The van der Waals surface area contributed by atoms with Gasteiger partial charge in [0.25, 0.3) is 0 Å². The molecule has 1 aliphatic rings. The van der Waals surface area contributed by atoms with Gasteiger partial charge in [-0.3, -0.25) is 10.1 Å². The standard InChI is InChI=1S/C19H25N5O2/c1-13-8-7-11-16(14(13)2)23-19-17(24(25)26)18(20-12-21-19)22-15-9-5-3-4-6-10-15/h7-8,11-12,15H,3-6,9-10H2,1-2H3,(H2,20,21,22,23). The molecule has 2 aromatic rings. The van der Waals surface area contributed by atoms with E-state index in [0.717, 1.165) is 42.5 Å². The van der Waals surface area contributed by atoms with Crippen LogP contribution in [0.2, 0.25) is 0 Å². The molecule has 0 bridgehead atoms. The number of benzene rings is 1. The average molecular weight is 355 g/mol. The molecule has 0 radical (unpaired) electrons. The molecule has 0 aliphatic heterocycles. The van der Waals surface area contributed by atoms with Gasteiger partial charge in [0.1, 0.15) is 6.33 Å². The smallest absolute Gasteiger partial charge is 0.353 e. The number of hydrogen-bond donors (Lipinski definition) is 2. The third-order valence-electron chi connectivity index (χ3n) is 5.06. The predicted molar refractivity (Wildman–Crippen MR) is 103 cm³/mol. The highest BCUT2D eigenvalue weighted by molar-refractivity contribution is 5.75. The maximum atomic E-state index is 11.7. The van der Waals surface area contributed by atoms with Crippen LogP contribution in [0, 0.1) is 24.0 Å². The zero-order valence-electron chi connectivity index (χ0n) is 15.3. The van der Waals surface area contributed by atoms with Gasteiger partial charge in [0.2, 0.25) is 11.6 Å². The molecule has 138 valence electrons. The van der Waals surface area contributed by atoms with Crippen molar-refractivity contribution in [3.8, 4) is 0 Å². The van der Waals surface area contributed by atoms with Crippen molar-refractivity contribution in [2.24, 2.45) is 0 Å². The monoisotopic (exact) mass is 355 g/mol. The van der Waals surface area contributed by atoms with E-state index in [1.54, 1.807) is 0 Å². The third kappa shape index (κ3) is 4.09. The van der Waals surface area contributed by atoms with Crippen LogP contribution in [0.1, 0.15) is 49.7 Å². The normalized spacial score (nSPS) is 15.3. The van der Waals surface area contributed by atoms with Gasteiger partial charge in [-0.15, -0.1) is 0 Å². The lowest BCUT2D eigenvalue weighted by molar-refractivity contribution is -0.383. The van der Waals surface area contributed by atoms with Gasteiger partial charge in [-0.2, -0.15) is 0 Å². The molecule has 1 saturated carbocycles. The van der Waals surface area contributed by atoms with Crippen molar-refractivity contribution < 1.29 is 4.92 Å². The fourth-order valence-electron chi connectivity index (χ4n) is 3.38. The first-order valence-corrected chi connectivity index (χ1v) is 9.15. The van der Waals surface area contributed by atoms with E-state index < -0.39 is 4.92 Å². The van der Waals surface area contributed by atoms with Crippen LogP contribution >= 0.6 is 0 Å². The Morgan fingerprint density at radius 1 is 1.08 bits per heavy atom. The second-order valence-electron chi connectivity index (χ2n) is 6.88. The van der Waals surface area contributed by atoms with Crippen LogP contribution in [0.4, 0.5) is 23.0 Å². The first-order chi connectivity index (χ1) is 12.6. The van der Waals surface area contributed by atoms with Crippen molar-refractivity contribution >= 4 is 23.0 Å². The van der Waals surface area contributed by atoms with Gasteiger partial charge in [0.05, 0.1) is 4.92 Å². The van der Waals surface area contributed by atoms with Crippen molar-refractivity contribution in [2.75, 3.05) is 10.6 Å². The van der Waals surface area contributed by atoms with E-state index in [1.165, 1.54) is 19.2 Å². The summed E-state index contributed by atoms with van der Waals surface area (Å²) in [5.74, 6) is 0.513. The minimum Gasteiger partial charge on any atom is -0.361 e. The predicted octanol–water partition coefficient (Wildman–Crippen LogP) is 4.88. The summed E-state index contributed by atoms with van der Waals surface area (Å²) in [7, 11) is 0. The Bertz CT molecular complexity index is 785. The van der Waals surface area contributed by atoms with Crippen LogP contribution in [0.15, 0.2) is 24.5 Å². The highest BCUT2D eigenvalue weighted by atomic mass is 16.6. The number of anilines is 3. The quantitative estimate of drug-likeness (QED) is 0.451. The maximum absolute atomic E-state index is 11.7. The molecule has 1 heterocycles. The number of hydrogen-bond acceptors (Lipinski definition) is 6. The number of rotatable bonds is 5. The Kier molecular flexibility index (Phi) is 5.65. The van der Waals surface area contributed by atoms with E-state index in [4.69, 9.17) is 0 Å². The summed E-state index contributed by atoms with van der Waals surface area (Å²) in [5, 5.41) is 18.2. The summed E-state index contributed by atoms with van der Waals surface area (Å²) >= 11 is 0. The Labute approximate surface area is 153 Å². The van der Waals surface area contributed by atoms with Crippen LogP contribution in [0.5, 0.6) is 0 Å². The summed E-state index contributed by atoms with van der Waals surface area (Å²) in [5.41, 5.74) is 2.87. The first-order valence-electron chi connectivity index (χ1n) is 9.15. The molecule has 7 nitrogen and oxygen atoms in total. The van der Waals surface area contributed by atoms with Gasteiger partial charge in [-0.05, 0) is 43.9 Å². The van der Waals surface area contributed by atoms with Gasteiger partial charge in [0, 0.05) is 11.7 Å². The van der Waals surface area contributed by atoms with Crippen LogP contribution < -0.4 is 10.6 Å². The van der Waals surface area contributed by atoms with Crippen molar-refractivity contribution in [3.63, 3.8) is 0 Å². The molecule has 0 saturated heterocycles. The van der Waals surface area contributed by atoms with Gasteiger partial charge >= 0.3 is 5.69 Å². The maximum Gasteiger partial charge on any atom is 0.353 e. The van der Waals surface area contributed by atoms with Crippen molar-refractivity contribution in [1.82, 2.24) is 9.97 Å². The van der Waals surface area contributed by atoms with Gasteiger partial charge in [-0.25, -0.2) is 9.97 Å². The van der Waals surface area contributed by atoms with E-state index in [9.17, 15) is 10.1 Å². The zero-order chi connectivity index (χ0) is 18.5. The minimum atomic E-state index is -0.410. The SMILES string of the molecule is Cc1cccc(Nc2ncnc(NC3CCCCCC3)c2[N+](=O)[O-])c1C. The summed E-state index contributed by atoms with van der Waals surface area (Å²) in [6.07, 6.45) is 8.14. The lowest BCUT2D eigenvalue weighted by Crippen LogP contribution is -2.20. The molecule has 26 heavy (non-hydrogen) atoms. The second kappa shape index (κ2) is 8.12. The highest BCUT2D eigenvalue weighted by Gasteiger charge is 2.25. The molecule has 0 unspecified atom stereocenters. The number of nitrogens with one attached hydrogen (secondary N) is 2. The molecule has 0 amide bonds. The minimum absolute atomic E-state index is 0.0994. The number of nitrogens with zero attached hydrogens (tertiary/aromatic N) is 3. The second-order valence-corrected chi connectivity index (χ2v) is 6.88. The summed E-state index contributed by atoms with van der Waals surface area (Å²) < 4.78 is 0. The third-order valence-corrected chi connectivity index (χ3v) is 5.06. The number of aromatic nitrogens is 2. The summed E-state index contributed by atoms with van der Waals surface area (Å²) in [6, 6.07) is 6.04. The molecule has 1 aromatic carbocycles. The molecular formula is C19H25N5O2.